The van der Waals surface area contributed by atoms with E-state index in [0.29, 0.717) is 0 Å². The van der Waals surface area contributed by atoms with Gasteiger partial charge in [-0.2, -0.15) is 0 Å². The Balaban J connectivity index is 2.17. The molecule has 112 valence electrons. The molecule has 1 unspecified atom stereocenters. The van der Waals surface area contributed by atoms with E-state index in [1.54, 1.807) is 6.92 Å². The molecule has 1 fully saturated rings. The third kappa shape index (κ3) is 5.04. The largest absolute Gasteiger partial charge is 0.358 e. The maximum atomic E-state index is 11.6. The summed E-state index contributed by atoms with van der Waals surface area (Å²) >= 11 is 2.19. The van der Waals surface area contributed by atoms with Gasteiger partial charge in [0.2, 0.25) is 17.7 Å². The minimum absolute atomic E-state index is 0.137. The number of hydrogen-bond donors (Lipinski definition) is 2. The first-order valence-electron chi connectivity index (χ1n) is 6.02. The molecule has 0 saturated carbocycles. The standard InChI is InChI=1S/C11H17N3O4S2/c1-7-10(17)14(11(18)20-7)4-3-13-9(16)6-19-5-8(15)12-2/h7H,3-6H2,1-2H3,(H,12,15)(H,13,16). The van der Waals surface area contributed by atoms with Gasteiger partial charge in [0.1, 0.15) is 0 Å². The monoisotopic (exact) mass is 319 g/mol. The molecule has 1 heterocycles. The first kappa shape index (κ1) is 16.8. The van der Waals surface area contributed by atoms with Crippen LogP contribution in [0.1, 0.15) is 6.92 Å². The quantitative estimate of drug-likeness (QED) is 0.667. The van der Waals surface area contributed by atoms with Crippen molar-refractivity contribution in [1.29, 1.82) is 0 Å². The molecular weight excluding hydrogens is 302 g/mol. The van der Waals surface area contributed by atoms with Crippen molar-refractivity contribution in [2.75, 3.05) is 31.6 Å². The van der Waals surface area contributed by atoms with E-state index in [9.17, 15) is 19.2 Å². The molecule has 0 aliphatic carbocycles. The van der Waals surface area contributed by atoms with Crippen LogP contribution in [0.5, 0.6) is 0 Å². The Morgan fingerprint density at radius 1 is 1.30 bits per heavy atom. The number of nitrogens with zero attached hydrogens (tertiary/aromatic N) is 1. The number of nitrogens with one attached hydrogen (secondary N) is 2. The summed E-state index contributed by atoms with van der Waals surface area (Å²) in [7, 11) is 1.53. The normalized spacial score (nSPS) is 18.3. The molecule has 1 atom stereocenters. The summed E-state index contributed by atoms with van der Waals surface area (Å²) in [5, 5.41) is 4.45. The van der Waals surface area contributed by atoms with Crippen molar-refractivity contribution < 1.29 is 19.2 Å². The zero-order valence-corrected chi connectivity index (χ0v) is 12.9. The van der Waals surface area contributed by atoms with Crippen LogP contribution in [0.2, 0.25) is 0 Å². The topological polar surface area (TPSA) is 95.6 Å². The second-order valence-corrected chi connectivity index (χ2v) is 6.31. The van der Waals surface area contributed by atoms with Crippen molar-refractivity contribution in [3.63, 3.8) is 0 Å². The first-order valence-corrected chi connectivity index (χ1v) is 8.06. The number of hydrogen-bond acceptors (Lipinski definition) is 6. The van der Waals surface area contributed by atoms with E-state index in [0.717, 1.165) is 16.7 Å². The van der Waals surface area contributed by atoms with Gasteiger partial charge in [0.25, 0.3) is 5.24 Å². The Morgan fingerprint density at radius 2 is 1.95 bits per heavy atom. The highest BCUT2D eigenvalue weighted by Crippen LogP contribution is 2.25. The number of amides is 4. The number of carbonyl (C=O) groups is 4. The molecule has 7 nitrogen and oxygen atoms in total. The Labute approximate surface area is 125 Å². The van der Waals surface area contributed by atoms with E-state index < -0.39 is 0 Å². The Bertz CT molecular complexity index is 416. The van der Waals surface area contributed by atoms with Crippen molar-refractivity contribution >= 4 is 46.5 Å². The zero-order chi connectivity index (χ0) is 15.1. The molecule has 1 rings (SSSR count). The predicted octanol–water partition coefficient (Wildman–Crippen LogP) is -0.334. The molecule has 0 aromatic heterocycles. The maximum Gasteiger partial charge on any atom is 0.289 e. The highest BCUT2D eigenvalue weighted by Gasteiger charge is 2.36. The van der Waals surface area contributed by atoms with Gasteiger partial charge in [0.05, 0.1) is 16.8 Å². The van der Waals surface area contributed by atoms with Crippen LogP contribution in [0.15, 0.2) is 0 Å². The summed E-state index contributed by atoms with van der Waals surface area (Å²) in [6.45, 7) is 2.09. The lowest BCUT2D eigenvalue weighted by Gasteiger charge is -2.13. The highest BCUT2D eigenvalue weighted by atomic mass is 32.2. The summed E-state index contributed by atoms with van der Waals surface area (Å²) in [5.41, 5.74) is 0. The molecular formula is C11H17N3O4S2. The van der Waals surface area contributed by atoms with Crippen LogP contribution in [-0.2, 0) is 14.4 Å². The van der Waals surface area contributed by atoms with Crippen LogP contribution in [0.3, 0.4) is 0 Å². The smallest absolute Gasteiger partial charge is 0.289 e. The molecule has 0 radical (unpaired) electrons. The van der Waals surface area contributed by atoms with Gasteiger partial charge in [-0.1, -0.05) is 11.8 Å². The first-order chi connectivity index (χ1) is 9.45. The van der Waals surface area contributed by atoms with Gasteiger partial charge in [-0.05, 0) is 6.92 Å². The average molecular weight is 319 g/mol. The van der Waals surface area contributed by atoms with Gasteiger partial charge in [-0.25, -0.2) is 0 Å². The fourth-order valence-electron chi connectivity index (χ4n) is 1.44. The Morgan fingerprint density at radius 3 is 2.50 bits per heavy atom. The summed E-state index contributed by atoms with van der Waals surface area (Å²) in [6, 6.07) is 0. The maximum absolute atomic E-state index is 11.6. The van der Waals surface area contributed by atoms with Crippen molar-refractivity contribution in [1.82, 2.24) is 15.5 Å². The lowest BCUT2D eigenvalue weighted by molar-refractivity contribution is -0.127. The van der Waals surface area contributed by atoms with Crippen LogP contribution < -0.4 is 10.6 Å². The molecule has 0 spiro atoms. The average Bonchev–Trinajstić information content (AvgIpc) is 2.64. The molecule has 1 aliphatic heterocycles. The Hall–Kier alpha value is -1.22. The van der Waals surface area contributed by atoms with Crippen LogP contribution in [0.4, 0.5) is 4.79 Å². The van der Waals surface area contributed by atoms with Gasteiger partial charge < -0.3 is 10.6 Å². The second kappa shape index (κ2) is 8.15. The van der Waals surface area contributed by atoms with Gasteiger partial charge in [-0.3, -0.25) is 24.1 Å². The van der Waals surface area contributed by atoms with E-state index in [2.05, 4.69) is 10.6 Å². The number of carbonyl (C=O) groups excluding carboxylic acids is 4. The number of rotatable bonds is 7. The van der Waals surface area contributed by atoms with Crippen LogP contribution in [0.25, 0.3) is 0 Å². The SMILES string of the molecule is CNC(=O)CSCC(=O)NCCN1C(=O)SC(C)C1=O. The number of thioether (sulfide) groups is 2. The zero-order valence-electron chi connectivity index (χ0n) is 11.3. The Kier molecular flexibility index (Phi) is 6.86. The molecule has 20 heavy (non-hydrogen) atoms. The van der Waals surface area contributed by atoms with Gasteiger partial charge in [0, 0.05) is 20.1 Å². The van der Waals surface area contributed by atoms with Gasteiger partial charge >= 0.3 is 0 Å². The van der Waals surface area contributed by atoms with Crippen LogP contribution in [0, 0.1) is 0 Å². The molecule has 4 amide bonds. The molecule has 9 heteroatoms. The third-order valence-corrected chi connectivity index (χ3v) is 4.42. The van der Waals surface area contributed by atoms with E-state index >= 15 is 0 Å². The molecule has 0 aromatic rings. The summed E-state index contributed by atoms with van der Waals surface area (Å²) in [6.07, 6.45) is 0. The molecule has 0 bridgehead atoms. The van der Waals surface area contributed by atoms with E-state index in [4.69, 9.17) is 0 Å². The van der Waals surface area contributed by atoms with E-state index in [1.165, 1.54) is 18.8 Å². The molecule has 1 aliphatic rings. The third-order valence-electron chi connectivity index (χ3n) is 2.51. The minimum atomic E-state index is -0.346. The summed E-state index contributed by atoms with van der Waals surface area (Å²) in [5.74, 6) is -0.189. The fourth-order valence-corrected chi connectivity index (χ4v) is 3.00. The summed E-state index contributed by atoms with van der Waals surface area (Å²) in [4.78, 5) is 46.6. The van der Waals surface area contributed by atoms with E-state index in [-0.39, 0.29) is 52.8 Å². The van der Waals surface area contributed by atoms with Crippen LogP contribution >= 0.6 is 23.5 Å². The fraction of sp³-hybridized carbons (Fsp3) is 0.636. The minimum Gasteiger partial charge on any atom is -0.358 e. The van der Waals surface area contributed by atoms with Crippen molar-refractivity contribution in [3.05, 3.63) is 0 Å². The lowest BCUT2D eigenvalue weighted by Crippen LogP contribution is -2.39. The summed E-state index contributed by atoms with van der Waals surface area (Å²) < 4.78 is 0. The molecule has 0 aromatic carbocycles. The highest BCUT2D eigenvalue weighted by molar-refractivity contribution is 8.15. The lowest BCUT2D eigenvalue weighted by atomic mass is 10.4. The van der Waals surface area contributed by atoms with Crippen molar-refractivity contribution in [3.8, 4) is 0 Å². The van der Waals surface area contributed by atoms with E-state index in [1.807, 2.05) is 0 Å². The van der Waals surface area contributed by atoms with Gasteiger partial charge in [-0.15, -0.1) is 11.8 Å². The van der Waals surface area contributed by atoms with Gasteiger partial charge in [0.15, 0.2) is 0 Å². The van der Waals surface area contributed by atoms with Crippen LogP contribution in [-0.4, -0.2) is 64.8 Å². The second-order valence-electron chi connectivity index (χ2n) is 4.03. The molecule has 2 N–H and O–H groups in total. The molecule has 1 saturated heterocycles. The van der Waals surface area contributed by atoms with Crippen molar-refractivity contribution in [2.45, 2.75) is 12.2 Å². The predicted molar refractivity (Wildman–Crippen MR) is 78.6 cm³/mol. The van der Waals surface area contributed by atoms with Crippen molar-refractivity contribution in [2.24, 2.45) is 0 Å². The number of imide groups is 1.